The van der Waals surface area contributed by atoms with Crippen LogP contribution in [0.15, 0.2) is 42.5 Å². The molecule has 0 aliphatic carbocycles. The fourth-order valence-corrected chi connectivity index (χ4v) is 1.61. The van der Waals surface area contributed by atoms with E-state index < -0.39 is 11.7 Å². The van der Waals surface area contributed by atoms with Gasteiger partial charge in [0.1, 0.15) is 11.6 Å². The lowest BCUT2D eigenvalue weighted by atomic mass is 10.1. The van der Waals surface area contributed by atoms with Gasteiger partial charge in [-0.15, -0.1) is 0 Å². The highest BCUT2D eigenvalue weighted by Gasteiger charge is 2.11. The maximum absolute atomic E-state index is 13.4. The Morgan fingerprint density at radius 2 is 2.00 bits per heavy atom. The number of methoxy groups -OCH3 is 1. The Hall–Kier alpha value is -2.56. The number of amides is 1. The predicted octanol–water partition coefficient (Wildman–Crippen LogP) is 2.67. The Morgan fingerprint density at radius 3 is 2.68 bits per heavy atom. The first-order valence-electron chi connectivity index (χ1n) is 5.61. The highest BCUT2D eigenvalue weighted by atomic mass is 19.1. The average Bonchev–Trinajstić information content (AvgIpc) is 2.42. The van der Waals surface area contributed by atoms with Gasteiger partial charge in [0.05, 0.1) is 18.5 Å². The van der Waals surface area contributed by atoms with Gasteiger partial charge >= 0.3 is 0 Å². The molecule has 2 rings (SSSR count). The molecule has 0 aliphatic rings. The topological polar surface area (TPSA) is 64.3 Å². The van der Waals surface area contributed by atoms with Crippen LogP contribution in [-0.4, -0.2) is 13.0 Å². The molecule has 19 heavy (non-hydrogen) atoms. The number of halogens is 1. The SMILES string of the molecule is COc1cc(C(=O)Nc2ccccc2F)ccc1N. The number of carbonyl (C=O) groups is 1. The average molecular weight is 260 g/mol. The largest absolute Gasteiger partial charge is 0.495 e. The number of nitrogen functional groups attached to an aromatic ring is 1. The molecule has 0 spiro atoms. The third kappa shape index (κ3) is 2.82. The van der Waals surface area contributed by atoms with E-state index >= 15 is 0 Å². The van der Waals surface area contributed by atoms with Gasteiger partial charge in [-0.2, -0.15) is 0 Å². The van der Waals surface area contributed by atoms with Crippen LogP contribution in [0.1, 0.15) is 10.4 Å². The van der Waals surface area contributed by atoms with Gasteiger partial charge in [-0.3, -0.25) is 4.79 Å². The summed E-state index contributed by atoms with van der Waals surface area (Å²) in [7, 11) is 1.46. The van der Waals surface area contributed by atoms with Gasteiger partial charge in [-0.05, 0) is 30.3 Å². The molecule has 0 saturated heterocycles. The van der Waals surface area contributed by atoms with E-state index in [1.807, 2.05) is 0 Å². The minimum atomic E-state index is -0.488. The molecule has 0 fully saturated rings. The van der Waals surface area contributed by atoms with Gasteiger partial charge in [0.25, 0.3) is 5.91 Å². The molecule has 2 aromatic rings. The number of anilines is 2. The maximum atomic E-state index is 13.4. The quantitative estimate of drug-likeness (QED) is 0.834. The van der Waals surface area contributed by atoms with E-state index in [1.165, 1.54) is 25.3 Å². The summed E-state index contributed by atoms with van der Waals surface area (Å²) in [5, 5.41) is 2.49. The molecule has 0 heterocycles. The zero-order chi connectivity index (χ0) is 13.8. The van der Waals surface area contributed by atoms with Crippen molar-refractivity contribution in [3.63, 3.8) is 0 Å². The van der Waals surface area contributed by atoms with Crippen LogP contribution in [0.25, 0.3) is 0 Å². The number of benzene rings is 2. The van der Waals surface area contributed by atoms with Crippen molar-refractivity contribution < 1.29 is 13.9 Å². The number of ether oxygens (including phenoxy) is 1. The van der Waals surface area contributed by atoms with Crippen molar-refractivity contribution in [1.82, 2.24) is 0 Å². The van der Waals surface area contributed by atoms with Crippen LogP contribution >= 0.6 is 0 Å². The van der Waals surface area contributed by atoms with Crippen molar-refractivity contribution in [2.24, 2.45) is 0 Å². The van der Waals surface area contributed by atoms with Crippen LogP contribution < -0.4 is 15.8 Å². The van der Waals surface area contributed by atoms with Crippen molar-refractivity contribution in [3.05, 3.63) is 53.8 Å². The number of para-hydroxylation sites is 1. The normalized spacial score (nSPS) is 10.0. The van der Waals surface area contributed by atoms with Gasteiger partial charge in [-0.1, -0.05) is 12.1 Å². The molecule has 0 saturated carbocycles. The monoisotopic (exact) mass is 260 g/mol. The Bertz CT molecular complexity index is 614. The van der Waals surface area contributed by atoms with Crippen LogP contribution in [0.4, 0.5) is 15.8 Å². The van der Waals surface area contributed by atoms with Crippen molar-refractivity contribution in [1.29, 1.82) is 0 Å². The number of nitrogens with two attached hydrogens (primary N) is 1. The summed E-state index contributed by atoms with van der Waals surface area (Å²) in [6.07, 6.45) is 0. The molecule has 2 aromatic carbocycles. The van der Waals surface area contributed by atoms with Crippen LogP contribution in [-0.2, 0) is 0 Å². The van der Waals surface area contributed by atoms with Gasteiger partial charge in [0, 0.05) is 5.56 Å². The molecule has 0 aromatic heterocycles. The van der Waals surface area contributed by atoms with Crippen molar-refractivity contribution in [2.45, 2.75) is 0 Å². The number of rotatable bonds is 3. The van der Waals surface area contributed by atoms with E-state index in [-0.39, 0.29) is 5.69 Å². The highest BCUT2D eigenvalue weighted by Crippen LogP contribution is 2.23. The van der Waals surface area contributed by atoms with Crippen molar-refractivity contribution >= 4 is 17.3 Å². The lowest BCUT2D eigenvalue weighted by molar-refractivity contribution is 0.102. The zero-order valence-electron chi connectivity index (χ0n) is 10.3. The molecule has 4 nitrogen and oxygen atoms in total. The highest BCUT2D eigenvalue weighted by molar-refractivity contribution is 6.04. The van der Waals surface area contributed by atoms with Gasteiger partial charge < -0.3 is 15.8 Å². The van der Waals surface area contributed by atoms with Crippen LogP contribution in [0.3, 0.4) is 0 Å². The van der Waals surface area contributed by atoms with Crippen LogP contribution in [0.5, 0.6) is 5.75 Å². The second-order valence-electron chi connectivity index (χ2n) is 3.89. The third-order valence-corrected chi connectivity index (χ3v) is 2.62. The van der Waals surface area contributed by atoms with Crippen molar-refractivity contribution in [3.8, 4) is 5.75 Å². The van der Waals surface area contributed by atoms with E-state index in [0.717, 1.165) is 0 Å². The fraction of sp³-hybridized carbons (Fsp3) is 0.0714. The molecule has 3 N–H and O–H groups in total. The number of hydrogen-bond acceptors (Lipinski definition) is 3. The van der Waals surface area contributed by atoms with Gasteiger partial charge in [0.2, 0.25) is 0 Å². The van der Waals surface area contributed by atoms with E-state index in [0.29, 0.717) is 17.0 Å². The minimum absolute atomic E-state index is 0.128. The molecule has 0 atom stereocenters. The second-order valence-corrected chi connectivity index (χ2v) is 3.89. The summed E-state index contributed by atoms with van der Waals surface area (Å²) in [4.78, 5) is 12.0. The first-order chi connectivity index (χ1) is 9.11. The maximum Gasteiger partial charge on any atom is 0.255 e. The number of hydrogen-bond donors (Lipinski definition) is 2. The third-order valence-electron chi connectivity index (χ3n) is 2.62. The molecule has 1 amide bonds. The molecule has 0 bridgehead atoms. The Balaban J connectivity index is 2.23. The number of nitrogens with one attached hydrogen (secondary N) is 1. The van der Waals surface area contributed by atoms with E-state index in [4.69, 9.17) is 10.5 Å². The first kappa shape index (κ1) is 12.9. The molecular formula is C14H13FN2O2. The minimum Gasteiger partial charge on any atom is -0.495 e. The Labute approximate surface area is 110 Å². The van der Waals surface area contributed by atoms with Crippen LogP contribution in [0, 0.1) is 5.82 Å². The second kappa shape index (κ2) is 5.39. The van der Waals surface area contributed by atoms with E-state index in [1.54, 1.807) is 24.3 Å². The zero-order valence-corrected chi connectivity index (χ0v) is 10.3. The molecular weight excluding hydrogens is 247 g/mol. The predicted molar refractivity (Wildman–Crippen MR) is 71.8 cm³/mol. The molecule has 0 radical (unpaired) electrons. The summed E-state index contributed by atoms with van der Waals surface area (Å²) in [6, 6.07) is 10.6. The summed E-state index contributed by atoms with van der Waals surface area (Å²) in [5.41, 5.74) is 6.57. The molecule has 0 unspecified atom stereocenters. The summed E-state index contributed by atoms with van der Waals surface area (Å²) >= 11 is 0. The van der Waals surface area contributed by atoms with Crippen LogP contribution in [0.2, 0.25) is 0 Å². The molecule has 98 valence electrons. The first-order valence-corrected chi connectivity index (χ1v) is 5.61. The lowest BCUT2D eigenvalue weighted by Crippen LogP contribution is -2.13. The number of carbonyl (C=O) groups excluding carboxylic acids is 1. The van der Waals surface area contributed by atoms with Gasteiger partial charge in [0.15, 0.2) is 0 Å². The Kier molecular flexibility index (Phi) is 3.66. The van der Waals surface area contributed by atoms with E-state index in [2.05, 4.69) is 5.32 Å². The standard InChI is InChI=1S/C14H13FN2O2/c1-19-13-8-9(6-7-11(13)16)14(18)17-12-5-3-2-4-10(12)15/h2-8H,16H2,1H3,(H,17,18). The fourth-order valence-electron chi connectivity index (χ4n) is 1.61. The van der Waals surface area contributed by atoms with Gasteiger partial charge in [-0.25, -0.2) is 4.39 Å². The summed E-state index contributed by atoms with van der Waals surface area (Å²) < 4.78 is 18.4. The van der Waals surface area contributed by atoms with Crippen molar-refractivity contribution in [2.75, 3.05) is 18.2 Å². The van der Waals surface area contributed by atoms with E-state index in [9.17, 15) is 9.18 Å². The molecule has 5 heteroatoms. The summed E-state index contributed by atoms with van der Waals surface area (Å²) in [5.74, 6) is -0.511. The smallest absolute Gasteiger partial charge is 0.255 e. The Morgan fingerprint density at radius 1 is 1.26 bits per heavy atom. The summed E-state index contributed by atoms with van der Waals surface area (Å²) in [6.45, 7) is 0. The lowest BCUT2D eigenvalue weighted by Gasteiger charge is -2.09. The molecule has 0 aliphatic heterocycles.